The Labute approximate surface area is 177 Å². The van der Waals surface area contributed by atoms with Crippen molar-refractivity contribution in [2.45, 2.75) is 25.3 Å². The Bertz CT molecular complexity index is 1200. The molecule has 1 N–H and O–H groups in total. The summed E-state index contributed by atoms with van der Waals surface area (Å²) in [6, 6.07) is 6.59. The van der Waals surface area contributed by atoms with Crippen LogP contribution in [0, 0.1) is 0 Å². The van der Waals surface area contributed by atoms with Crippen LogP contribution in [0.1, 0.15) is 17.5 Å². The lowest BCUT2D eigenvalue weighted by molar-refractivity contribution is -0.193. The number of tetrazole rings is 1. The van der Waals surface area contributed by atoms with E-state index in [1.807, 2.05) is 0 Å². The van der Waals surface area contributed by atoms with E-state index in [-0.39, 0.29) is 18.9 Å². The first-order valence-corrected chi connectivity index (χ1v) is 9.18. The summed E-state index contributed by atoms with van der Waals surface area (Å²) in [5.74, 6) is -2.24. The number of aromatic nitrogens is 6. The number of ether oxygens (including phenoxy) is 1. The molecule has 0 unspecified atom stereocenters. The zero-order valence-corrected chi connectivity index (χ0v) is 16.6. The monoisotopic (exact) mass is 453 g/mol. The van der Waals surface area contributed by atoms with Gasteiger partial charge in [-0.25, -0.2) is 4.98 Å². The summed E-state index contributed by atoms with van der Waals surface area (Å²) in [7, 11) is 1.03. The van der Waals surface area contributed by atoms with Gasteiger partial charge in [0.2, 0.25) is 0 Å². The minimum absolute atomic E-state index is 0.00781. The molecule has 11 nitrogen and oxygen atoms in total. The molecule has 0 radical (unpaired) electrons. The van der Waals surface area contributed by atoms with Crippen molar-refractivity contribution in [3.8, 4) is 5.88 Å². The highest BCUT2D eigenvalue weighted by molar-refractivity contribution is 6.30. The first kappa shape index (κ1) is 20.8. The van der Waals surface area contributed by atoms with E-state index >= 15 is 0 Å². The van der Waals surface area contributed by atoms with Crippen molar-refractivity contribution >= 4 is 23.2 Å². The Hall–Kier alpha value is -3.45. The highest BCUT2D eigenvalue weighted by Crippen LogP contribution is 2.34. The van der Waals surface area contributed by atoms with Crippen molar-refractivity contribution in [3.63, 3.8) is 0 Å². The summed E-state index contributed by atoms with van der Waals surface area (Å²) >= 11 is 5.82. The molecule has 31 heavy (non-hydrogen) atoms. The first-order chi connectivity index (χ1) is 14.7. The molecule has 2 aromatic heterocycles. The first-order valence-electron chi connectivity index (χ1n) is 8.80. The number of aliphatic hydroxyl groups excluding tert-OH is 1. The number of anilines is 1. The van der Waals surface area contributed by atoms with E-state index in [9.17, 15) is 23.5 Å². The number of benzene rings is 1. The lowest BCUT2D eigenvalue weighted by atomic mass is 10.1. The molecule has 3 aromatic rings. The number of likely N-dealkylation sites (N-methyl/N-ethyl adjacent to an activating group) is 1. The predicted molar refractivity (Wildman–Crippen MR) is 101 cm³/mol. The van der Waals surface area contributed by atoms with Gasteiger partial charge in [0, 0.05) is 12.1 Å². The van der Waals surface area contributed by atoms with E-state index in [2.05, 4.69) is 25.1 Å². The highest BCUT2D eigenvalue weighted by Gasteiger charge is 2.51. The van der Waals surface area contributed by atoms with E-state index in [4.69, 9.17) is 11.6 Å². The summed E-state index contributed by atoms with van der Waals surface area (Å²) in [6.45, 7) is -0.208. The molecule has 1 aliphatic heterocycles. The highest BCUT2D eigenvalue weighted by atomic mass is 35.5. The number of alkyl halides is 2. The lowest BCUT2D eigenvalue weighted by Gasteiger charge is -2.29. The van der Waals surface area contributed by atoms with Gasteiger partial charge in [-0.15, -0.1) is 10.2 Å². The number of hydrogen-bond acceptors (Lipinski definition) is 8. The van der Waals surface area contributed by atoms with Crippen LogP contribution < -0.4 is 15.2 Å². The van der Waals surface area contributed by atoms with Gasteiger partial charge in [-0.3, -0.25) is 19.1 Å². The summed E-state index contributed by atoms with van der Waals surface area (Å²) in [4.78, 5) is 29.7. The zero-order valence-electron chi connectivity index (χ0n) is 15.8. The van der Waals surface area contributed by atoms with E-state index in [0.29, 0.717) is 15.5 Å². The van der Waals surface area contributed by atoms with Crippen LogP contribution in [0.15, 0.2) is 35.4 Å². The molecule has 0 saturated carbocycles. The molecule has 3 heterocycles. The second-order valence-electron chi connectivity index (χ2n) is 6.64. The molecular weight excluding hydrogens is 440 g/mol. The fraction of sp³-hybridized carbons (Fsp3) is 0.294. The van der Waals surface area contributed by atoms with Gasteiger partial charge in [-0.1, -0.05) is 23.7 Å². The maximum absolute atomic E-state index is 13.5. The van der Waals surface area contributed by atoms with Gasteiger partial charge < -0.3 is 9.84 Å². The number of carbonyl (C=O) groups is 1. The number of hydrogen-bond donors (Lipinski definition) is 1. The molecule has 0 saturated heterocycles. The molecule has 14 heteroatoms. The van der Waals surface area contributed by atoms with E-state index in [1.165, 1.54) is 0 Å². The van der Waals surface area contributed by atoms with Crippen molar-refractivity contribution in [1.82, 2.24) is 29.8 Å². The Kier molecular flexibility index (Phi) is 5.15. The second-order valence-corrected chi connectivity index (χ2v) is 7.08. The minimum Gasteiger partial charge on any atom is -0.405 e. The van der Waals surface area contributed by atoms with Crippen molar-refractivity contribution in [2.24, 2.45) is 0 Å². The van der Waals surface area contributed by atoms with E-state index in [0.717, 1.165) is 22.7 Å². The topological polar surface area (TPSA) is 128 Å². The third-order valence-electron chi connectivity index (χ3n) is 4.49. The van der Waals surface area contributed by atoms with Crippen LogP contribution in [-0.4, -0.2) is 53.9 Å². The van der Waals surface area contributed by atoms with E-state index in [1.54, 1.807) is 24.3 Å². The Balaban J connectivity index is 1.52. The predicted octanol–water partition coefficient (Wildman–Crippen LogP) is 0.613. The maximum Gasteiger partial charge on any atom is 0.484 e. The number of aliphatic hydroxyl groups is 1. The molecule has 0 spiro atoms. The third-order valence-corrected chi connectivity index (χ3v) is 4.74. The molecule has 1 aromatic carbocycles. The average molecular weight is 454 g/mol. The zero-order chi connectivity index (χ0) is 22.3. The number of nitrogens with zero attached hydrogens (tertiary/aromatic N) is 7. The molecule has 0 fully saturated rings. The minimum atomic E-state index is -4.11. The lowest BCUT2D eigenvalue weighted by Crippen LogP contribution is -2.51. The van der Waals surface area contributed by atoms with Crippen LogP contribution in [0.25, 0.3) is 0 Å². The molecule has 1 aliphatic rings. The van der Waals surface area contributed by atoms with Gasteiger partial charge in [0.15, 0.2) is 11.5 Å². The van der Waals surface area contributed by atoms with Crippen LogP contribution >= 0.6 is 11.6 Å². The molecule has 162 valence electrons. The van der Waals surface area contributed by atoms with Gasteiger partial charge >= 0.3 is 12.0 Å². The van der Waals surface area contributed by atoms with Crippen molar-refractivity contribution < 1.29 is 23.4 Å². The fourth-order valence-electron chi connectivity index (χ4n) is 2.91. The molecule has 4 rings (SSSR count). The van der Waals surface area contributed by atoms with Crippen LogP contribution in [0.3, 0.4) is 0 Å². The van der Waals surface area contributed by atoms with Crippen LogP contribution in [-0.2, 0) is 17.9 Å². The number of halogens is 3. The number of fused-ring (bicyclic) bond motifs is 1. The smallest absolute Gasteiger partial charge is 0.405 e. The van der Waals surface area contributed by atoms with Gasteiger partial charge in [-0.2, -0.15) is 13.6 Å². The van der Waals surface area contributed by atoms with Crippen molar-refractivity contribution in [3.05, 3.63) is 57.4 Å². The van der Waals surface area contributed by atoms with Crippen molar-refractivity contribution in [1.29, 1.82) is 0 Å². The standard InChI is InChI=1S/C17H14ClF2N7O4/c1-25-13-14(31-17(19,20)16(25)30)21-8-26(15(13)29)7-12-22-24-27(23-12)6-11(28)9-2-4-10(18)5-3-9/h2-5,8,11,28H,6-7H2,1H3/t11-/m0/s1. The fourth-order valence-corrected chi connectivity index (χ4v) is 3.04. The Morgan fingerprint density at radius 1 is 1.26 bits per heavy atom. The van der Waals surface area contributed by atoms with Crippen LogP contribution in [0.4, 0.5) is 14.5 Å². The Morgan fingerprint density at radius 2 is 1.97 bits per heavy atom. The normalized spacial score (nSPS) is 16.0. The third kappa shape index (κ3) is 3.96. The van der Waals surface area contributed by atoms with Gasteiger partial charge in [0.05, 0.1) is 13.1 Å². The van der Waals surface area contributed by atoms with Crippen molar-refractivity contribution in [2.75, 3.05) is 11.9 Å². The number of carbonyl (C=O) groups excluding carboxylic acids is 1. The molecular formula is C17H14ClF2N7O4. The van der Waals surface area contributed by atoms with Gasteiger partial charge in [-0.05, 0) is 22.9 Å². The summed E-state index contributed by atoms with van der Waals surface area (Å²) in [5, 5.41) is 22.5. The average Bonchev–Trinajstić information content (AvgIpc) is 3.15. The van der Waals surface area contributed by atoms with Gasteiger partial charge in [0.1, 0.15) is 12.4 Å². The van der Waals surface area contributed by atoms with Crippen LogP contribution in [0.5, 0.6) is 5.88 Å². The summed E-state index contributed by atoms with van der Waals surface area (Å²) in [6.07, 6.45) is -4.06. The summed E-state index contributed by atoms with van der Waals surface area (Å²) < 4.78 is 32.3. The maximum atomic E-state index is 13.5. The molecule has 0 aliphatic carbocycles. The molecule has 1 amide bonds. The SMILES string of the molecule is CN1C(=O)C(F)(F)Oc2ncn(Cc3nnn(C[C@H](O)c4ccc(Cl)cc4)n3)c(=O)c21. The molecule has 0 bridgehead atoms. The summed E-state index contributed by atoms with van der Waals surface area (Å²) in [5.41, 5.74) is -0.624. The quantitative estimate of drug-likeness (QED) is 0.595. The van der Waals surface area contributed by atoms with E-state index < -0.39 is 35.2 Å². The Morgan fingerprint density at radius 3 is 2.68 bits per heavy atom. The second kappa shape index (κ2) is 7.67. The van der Waals surface area contributed by atoms with Crippen LogP contribution in [0.2, 0.25) is 5.02 Å². The largest absolute Gasteiger partial charge is 0.484 e. The number of amides is 1. The number of rotatable bonds is 5. The molecule has 1 atom stereocenters. The van der Waals surface area contributed by atoms with Gasteiger partial charge in [0.25, 0.3) is 11.4 Å².